The Bertz CT molecular complexity index is 1000. The number of nitrogens with zero attached hydrogens (tertiary/aromatic N) is 2. The number of amidine groups is 1. The average Bonchev–Trinajstić information content (AvgIpc) is 3.58. The Labute approximate surface area is 219 Å². The second-order valence-corrected chi connectivity index (χ2v) is 10.6. The van der Waals surface area contributed by atoms with Gasteiger partial charge in [0.1, 0.15) is 11.5 Å². The Hall–Kier alpha value is -2.80. The van der Waals surface area contributed by atoms with Crippen molar-refractivity contribution >= 4 is 23.3 Å². The molecule has 2 aromatic rings. The van der Waals surface area contributed by atoms with Crippen molar-refractivity contribution in [1.82, 2.24) is 4.90 Å². The first-order valence-corrected chi connectivity index (χ1v) is 14.2. The smallest absolute Gasteiger partial charge is 0.170 e. The summed E-state index contributed by atoms with van der Waals surface area (Å²) in [6, 6.07) is 15.8. The van der Waals surface area contributed by atoms with Crippen molar-refractivity contribution in [3.63, 3.8) is 0 Å². The number of ether oxygens (including phenoxy) is 2. The number of hydrogen-bond donors (Lipinski definition) is 2. The first kappa shape index (κ1) is 26.3. The van der Waals surface area contributed by atoms with E-state index in [2.05, 4.69) is 46.7 Å². The first-order valence-electron chi connectivity index (χ1n) is 13.2. The molecule has 1 saturated carbocycles. The van der Waals surface area contributed by atoms with E-state index in [0.29, 0.717) is 24.2 Å². The summed E-state index contributed by atoms with van der Waals surface area (Å²) in [5.41, 5.74) is 8.91. The van der Waals surface area contributed by atoms with Crippen molar-refractivity contribution in [3.8, 4) is 11.5 Å². The molecule has 3 N–H and O–H groups in total. The number of rotatable bonds is 13. The van der Waals surface area contributed by atoms with Crippen LogP contribution in [-0.4, -0.2) is 41.1 Å². The lowest BCUT2D eigenvalue weighted by atomic mass is 10.1. The molecule has 1 aliphatic heterocycles. The molecule has 7 heteroatoms. The number of oxime groups is 1. The molecule has 1 unspecified atom stereocenters. The third-order valence-corrected chi connectivity index (χ3v) is 8.27. The van der Waals surface area contributed by atoms with Crippen LogP contribution in [0.4, 0.5) is 0 Å². The lowest BCUT2D eigenvalue weighted by Gasteiger charge is -2.31. The molecule has 1 heterocycles. The molecule has 6 nitrogen and oxygen atoms in total. The average molecular weight is 510 g/mol. The van der Waals surface area contributed by atoms with Gasteiger partial charge in [0, 0.05) is 12.1 Å². The Morgan fingerprint density at radius 1 is 0.972 bits per heavy atom. The van der Waals surface area contributed by atoms with Crippen LogP contribution < -0.4 is 15.2 Å². The summed E-state index contributed by atoms with van der Waals surface area (Å²) in [4.78, 5) is 2.64. The van der Waals surface area contributed by atoms with Crippen LogP contribution in [0.2, 0.25) is 0 Å². The summed E-state index contributed by atoms with van der Waals surface area (Å²) in [5, 5.41) is 14.6. The molecule has 1 fully saturated rings. The molecule has 0 amide bonds. The summed E-state index contributed by atoms with van der Waals surface area (Å²) in [5.74, 6) is 2.66. The fraction of sp³-hybridized carbons (Fsp3) is 0.483. The molecule has 0 spiro atoms. The fourth-order valence-corrected chi connectivity index (χ4v) is 6.04. The monoisotopic (exact) mass is 509 g/mol. The van der Waals surface area contributed by atoms with Gasteiger partial charge in [-0.05, 0) is 104 Å². The molecule has 1 atom stereocenters. The van der Waals surface area contributed by atoms with E-state index < -0.39 is 0 Å². The van der Waals surface area contributed by atoms with E-state index in [-0.39, 0.29) is 5.84 Å². The van der Waals surface area contributed by atoms with Crippen LogP contribution in [0, 0.1) is 5.92 Å². The Kier molecular flexibility index (Phi) is 9.84. The maximum Gasteiger partial charge on any atom is 0.170 e. The molecule has 0 aromatic heterocycles. The highest BCUT2D eigenvalue weighted by atomic mass is 32.2. The van der Waals surface area contributed by atoms with Crippen molar-refractivity contribution < 1.29 is 14.7 Å². The fourth-order valence-electron chi connectivity index (χ4n) is 4.94. The van der Waals surface area contributed by atoms with Crippen molar-refractivity contribution in [2.75, 3.05) is 19.8 Å². The summed E-state index contributed by atoms with van der Waals surface area (Å²) >= 11 is 1.97. The van der Waals surface area contributed by atoms with E-state index in [1.807, 2.05) is 23.9 Å². The molecule has 2 aromatic carbocycles. The van der Waals surface area contributed by atoms with E-state index in [4.69, 9.17) is 20.4 Å². The second-order valence-electron chi connectivity index (χ2n) is 9.60. The van der Waals surface area contributed by atoms with E-state index in [0.717, 1.165) is 36.7 Å². The topological polar surface area (TPSA) is 80.3 Å². The minimum absolute atomic E-state index is 0.0947. The van der Waals surface area contributed by atoms with Gasteiger partial charge in [-0.1, -0.05) is 24.9 Å². The van der Waals surface area contributed by atoms with Gasteiger partial charge >= 0.3 is 0 Å². The minimum Gasteiger partial charge on any atom is -0.494 e. The molecule has 4 rings (SSSR count). The zero-order chi connectivity index (χ0) is 25.2. The third kappa shape index (κ3) is 7.12. The largest absolute Gasteiger partial charge is 0.494 e. The predicted molar refractivity (Wildman–Crippen MR) is 149 cm³/mol. The van der Waals surface area contributed by atoms with Crippen molar-refractivity contribution in [1.29, 1.82) is 0 Å². The van der Waals surface area contributed by atoms with Crippen LogP contribution in [0.25, 0.3) is 5.70 Å². The number of hydrogen-bond acceptors (Lipinski definition) is 6. The Morgan fingerprint density at radius 3 is 2.17 bits per heavy atom. The van der Waals surface area contributed by atoms with Crippen LogP contribution in [0.1, 0.15) is 69.4 Å². The highest BCUT2D eigenvalue weighted by Crippen LogP contribution is 2.40. The highest BCUT2D eigenvalue weighted by molar-refractivity contribution is 8.03. The van der Waals surface area contributed by atoms with Gasteiger partial charge in [0.25, 0.3) is 0 Å². The molecule has 36 heavy (non-hydrogen) atoms. The molecule has 0 radical (unpaired) electrons. The van der Waals surface area contributed by atoms with Gasteiger partial charge in [0.05, 0.1) is 24.3 Å². The van der Waals surface area contributed by atoms with Crippen LogP contribution in [0.5, 0.6) is 11.5 Å². The number of thioether (sulfide) groups is 1. The standard InChI is InChI=1S/C29H39N3O3S/c1-2-28-32(20-22-8-4-5-9-22)27(21-36-28)23-10-14-25(15-11-23)34-18-6-3-7-19-35-26-16-12-24(13-17-26)29(30)31-33/h10-17,21-22,28,33H,2-9,18-20H2,1H3,(H2,30,31). The SMILES string of the molecule is CCC1SC=C(c2ccc(OCCCCCOc3ccc(/C(N)=N/O)cc3)cc2)N1CC1CCCC1. The Morgan fingerprint density at radius 2 is 1.58 bits per heavy atom. The zero-order valence-electron chi connectivity index (χ0n) is 21.3. The van der Waals surface area contributed by atoms with E-state index >= 15 is 0 Å². The minimum atomic E-state index is 0.0947. The maximum atomic E-state index is 8.72. The van der Waals surface area contributed by atoms with Crippen molar-refractivity contribution in [3.05, 3.63) is 65.1 Å². The van der Waals surface area contributed by atoms with Gasteiger partial charge in [-0.15, -0.1) is 11.8 Å². The molecule has 1 aliphatic carbocycles. The summed E-state index contributed by atoms with van der Waals surface area (Å²) in [6.07, 6.45) is 9.72. The molecule has 194 valence electrons. The van der Waals surface area contributed by atoms with Gasteiger partial charge in [0.15, 0.2) is 5.84 Å². The second kappa shape index (κ2) is 13.5. The molecular formula is C29H39N3O3S. The highest BCUT2D eigenvalue weighted by Gasteiger charge is 2.29. The van der Waals surface area contributed by atoms with E-state index in [1.54, 1.807) is 12.1 Å². The number of unbranched alkanes of at least 4 members (excludes halogenated alkanes) is 2. The summed E-state index contributed by atoms with van der Waals surface area (Å²) < 4.78 is 11.8. The summed E-state index contributed by atoms with van der Waals surface area (Å²) in [6.45, 7) is 4.85. The van der Waals surface area contributed by atoms with Crippen molar-refractivity contribution in [2.45, 2.75) is 63.7 Å². The molecule has 2 aliphatic rings. The predicted octanol–water partition coefficient (Wildman–Crippen LogP) is 6.68. The third-order valence-electron chi connectivity index (χ3n) is 7.01. The van der Waals surface area contributed by atoms with Crippen LogP contribution >= 0.6 is 11.8 Å². The van der Waals surface area contributed by atoms with Crippen LogP contribution in [0.15, 0.2) is 59.1 Å². The van der Waals surface area contributed by atoms with Gasteiger partial charge in [-0.25, -0.2) is 0 Å². The lowest BCUT2D eigenvalue weighted by molar-refractivity contribution is 0.279. The van der Waals surface area contributed by atoms with Crippen LogP contribution in [0.3, 0.4) is 0 Å². The van der Waals surface area contributed by atoms with Gasteiger partial charge in [-0.3, -0.25) is 0 Å². The van der Waals surface area contributed by atoms with Gasteiger partial charge in [-0.2, -0.15) is 0 Å². The molecule has 0 bridgehead atoms. The van der Waals surface area contributed by atoms with Crippen molar-refractivity contribution in [2.24, 2.45) is 16.8 Å². The van der Waals surface area contributed by atoms with Gasteiger partial charge in [0.2, 0.25) is 0 Å². The van der Waals surface area contributed by atoms with Gasteiger partial charge < -0.3 is 25.3 Å². The quantitative estimate of drug-likeness (QED) is 0.103. The van der Waals surface area contributed by atoms with E-state index in [1.165, 1.54) is 49.9 Å². The molecular weight excluding hydrogens is 470 g/mol. The number of nitrogens with two attached hydrogens (primary N) is 1. The lowest BCUT2D eigenvalue weighted by Crippen LogP contribution is -2.31. The maximum absolute atomic E-state index is 8.72. The zero-order valence-corrected chi connectivity index (χ0v) is 22.1. The summed E-state index contributed by atoms with van der Waals surface area (Å²) in [7, 11) is 0. The van der Waals surface area contributed by atoms with E-state index in [9.17, 15) is 0 Å². The van der Waals surface area contributed by atoms with Crippen LogP contribution in [-0.2, 0) is 0 Å². The molecule has 0 saturated heterocycles. The normalized spacial score (nSPS) is 18.5. The Balaban J connectivity index is 1.15. The number of benzene rings is 2. The first-order chi connectivity index (χ1) is 17.7.